The van der Waals surface area contributed by atoms with E-state index in [2.05, 4.69) is 56.3 Å². The molecule has 15 heavy (non-hydrogen) atoms. The van der Waals surface area contributed by atoms with Crippen molar-refractivity contribution < 1.29 is 0 Å². The molecule has 0 unspecified atom stereocenters. The summed E-state index contributed by atoms with van der Waals surface area (Å²) in [6.45, 7) is 6.45. The Kier molecular flexibility index (Phi) is 2.58. The number of aryl methyl sites for hydroxylation is 1. The Morgan fingerprint density at radius 2 is 2.07 bits per heavy atom. The molecule has 1 aromatic carbocycles. The molecule has 0 aliphatic carbocycles. The van der Waals surface area contributed by atoms with Crippen LogP contribution in [0.1, 0.15) is 30.9 Å². The Labute approximate surface area is 90.6 Å². The van der Waals surface area contributed by atoms with Gasteiger partial charge in [0.1, 0.15) is 0 Å². The van der Waals surface area contributed by atoms with Crippen LogP contribution in [0, 0.1) is 6.92 Å². The summed E-state index contributed by atoms with van der Waals surface area (Å²) < 4.78 is 1.93. The zero-order chi connectivity index (χ0) is 10.8. The SMILES string of the molecule is Cc1cccc(-n2cc(C(C)C)cn2)c1. The second-order valence-electron chi connectivity index (χ2n) is 4.21. The lowest BCUT2D eigenvalue weighted by Crippen LogP contribution is -1.94. The maximum Gasteiger partial charge on any atom is 0.0648 e. The molecule has 0 fully saturated rings. The lowest BCUT2D eigenvalue weighted by atomic mass is 10.1. The molecule has 0 radical (unpaired) electrons. The summed E-state index contributed by atoms with van der Waals surface area (Å²) in [6.07, 6.45) is 4.03. The lowest BCUT2D eigenvalue weighted by Gasteiger charge is -2.02. The van der Waals surface area contributed by atoms with E-state index >= 15 is 0 Å². The van der Waals surface area contributed by atoms with Gasteiger partial charge in [0.05, 0.1) is 11.9 Å². The van der Waals surface area contributed by atoms with E-state index in [1.54, 1.807) is 0 Å². The number of benzene rings is 1. The van der Waals surface area contributed by atoms with Crippen LogP contribution in [0.2, 0.25) is 0 Å². The highest BCUT2D eigenvalue weighted by atomic mass is 15.3. The first-order valence-electron chi connectivity index (χ1n) is 5.28. The zero-order valence-electron chi connectivity index (χ0n) is 9.44. The van der Waals surface area contributed by atoms with Gasteiger partial charge in [-0.3, -0.25) is 0 Å². The molecule has 0 spiro atoms. The number of hydrogen-bond donors (Lipinski definition) is 0. The molecule has 2 aromatic rings. The van der Waals surface area contributed by atoms with Gasteiger partial charge in [0.2, 0.25) is 0 Å². The van der Waals surface area contributed by atoms with Crippen LogP contribution in [-0.2, 0) is 0 Å². The molecule has 2 rings (SSSR count). The van der Waals surface area contributed by atoms with Gasteiger partial charge in [-0.1, -0.05) is 26.0 Å². The van der Waals surface area contributed by atoms with Crippen LogP contribution in [0.25, 0.3) is 5.69 Å². The molecule has 78 valence electrons. The topological polar surface area (TPSA) is 17.8 Å². The predicted molar refractivity (Wildman–Crippen MR) is 62.4 cm³/mol. The summed E-state index contributed by atoms with van der Waals surface area (Å²) in [4.78, 5) is 0. The second kappa shape index (κ2) is 3.89. The summed E-state index contributed by atoms with van der Waals surface area (Å²) in [5.74, 6) is 0.531. The summed E-state index contributed by atoms with van der Waals surface area (Å²) in [5.41, 5.74) is 3.66. The fraction of sp³-hybridized carbons (Fsp3) is 0.308. The van der Waals surface area contributed by atoms with E-state index in [0.717, 1.165) is 5.69 Å². The van der Waals surface area contributed by atoms with Crippen molar-refractivity contribution in [3.05, 3.63) is 47.8 Å². The molecule has 0 bridgehead atoms. The van der Waals surface area contributed by atoms with E-state index in [-0.39, 0.29) is 0 Å². The molecular formula is C13H16N2. The van der Waals surface area contributed by atoms with E-state index in [1.165, 1.54) is 11.1 Å². The average molecular weight is 200 g/mol. The van der Waals surface area contributed by atoms with Crippen molar-refractivity contribution in [2.75, 3.05) is 0 Å². The fourth-order valence-corrected chi connectivity index (χ4v) is 1.55. The highest BCUT2D eigenvalue weighted by Gasteiger charge is 2.03. The maximum absolute atomic E-state index is 4.37. The number of hydrogen-bond acceptors (Lipinski definition) is 1. The van der Waals surface area contributed by atoms with Crippen LogP contribution >= 0.6 is 0 Å². The van der Waals surface area contributed by atoms with Gasteiger partial charge < -0.3 is 0 Å². The van der Waals surface area contributed by atoms with Crippen LogP contribution in [0.5, 0.6) is 0 Å². The molecule has 1 aromatic heterocycles. The van der Waals surface area contributed by atoms with Crippen LogP contribution in [0.4, 0.5) is 0 Å². The summed E-state index contributed by atoms with van der Waals surface area (Å²) in [7, 11) is 0. The highest BCUT2D eigenvalue weighted by molar-refractivity contribution is 5.35. The van der Waals surface area contributed by atoms with Crippen LogP contribution in [0.3, 0.4) is 0 Å². The maximum atomic E-state index is 4.37. The van der Waals surface area contributed by atoms with Gasteiger partial charge in [0.15, 0.2) is 0 Å². The molecule has 0 saturated heterocycles. The largest absolute Gasteiger partial charge is 0.241 e. The van der Waals surface area contributed by atoms with Gasteiger partial charge in [0, 0.05) is 6.20 Å². The molecule has 0 atom stereocenters. The number of nitrogens with zero attached hydrogens (tertiary/aromatic N) is 2. The van der Waals surface area contributed by atoms with E-state index < -0.39 is 0 Å². The van der Waals surface area contributed by atoms with Gasteiger partial charge in [0.25, 0.3) is 0 Å². The Morgan fingerprint density at radius 3 is 2.67 bits per heavy atom. The van der Waals surface area contributed by atoms with Crippen molar-refractivity contribution in [1.82, 2.24) is 9.78 Å². The third-order valence-electron chi connectivity index (χ3n) is 2.54. The Hall–Kier alpha value is -1.57. The van der Waals surface area contributed by atoms with Crippen molar-refractivity contribution in [2.45, 2.75) is 26.7 Å². The summed E-state index contributed by atoms with van der Waals surface area (Å²) >= 11 is 0. The Morgan fingerprint density at radius 1 is 1.27 bits per heavy atom. The van der Waals surface area contributed by atoms with E-state index in [9.17, 15) is 0 Å². The standard InChI is InChI=1S/C13H16N2/c1-10(2)12-8-14-15(9-12)13-6-4-5-11(3)7-13/h4-10H,1-3H3. The van der Waals surface area contributed by atoms with Crippen molar-refractivity contribution in [1.29, 1.82) is 0 Å². The minimum Gasteiger partial charge on any atom is -0.241 e. The lowest BCUT2D eigenvalue weighted by molar-refractivity contribution is 0.858. The first-order valence-corrected chi connectivity index (χ1v) is 5.28. The van der Waals surface area contributed by atoms with E-state index in [0.29, 0.717) is 5.92 Å². The monoisotopic (exact) mass is 200 g/mol. The van der Waals surface area contributed by atoms with Crippen molar-refractivity contribution in [3.63, 3.8) is 0 Å². The van der Waals surface area contributed by atoms with Gasteiger partial charge >= 0.3 is 0 Å². The van der Waals surface area contributed by atoms with Crippen LogP contribution in [-0.4, -0.2) is 9.78 Å². The predicted octanol–water partition coefficient (Wildman–Crippen LogP) is 3.30. The van der Waals surface area contributed by atoms with Crippen molar-refractivity contribution >= 4 is 0 Å². The van der Waals surface area contributed by atoms with Crippen molar-refractivity contribution in [2.24, 2.45) is 0 Å². The molecule has 0 aliphatic heterocycles. The third kappa shape index (κ3) is 2.09. The quantitative estimate of drug-likeness (QED) is 0.727. The minimum atomic E-state index is 0.531. The first-order chi connectivity index (χ1) is 7.16. The van der Waals surface area contributed by atoms with Crippen molar-refractivity contribution in [3.8, 4) is 5.69 Å². The minimum absolute atomic E-state index is 0.531. The fourth-order valence-electron chi connectivity index (χ4n) is 1.55. The van der Waals surface area contributed by atoms with E-state index in [1.807, 2.05) is 10.9 Å². The summed E-state index contributed by atoms with van der Waals surface area (Å²) in [5, 5.41) is 4.37. The summed E-state index contributed by atoms with van der Waals surface area (Å²) in [6, 6.07) is 8.36. The first kappa shape index (κ1) is 9.97. The molecule has 2 heteroatoms. The van der Waals surface area contributed by atoms with Crippen LogP contribution < -0.4 is 0 Å². The Bertz CT molecular complexity index is 455. The molecule has 0 saturated carbocycles. The van der Waals surface area contributed by atoms with Gasteiger partial charge in [-0.05, 0) is 36.1 Å². The average Bonchev–Trinajstić information content (AvgIpc) is 2.66. The molecule has 0 N–H and O–H groups in total. The smallest absolute Gasteiger partial charge is 0.0648 e. The van der Waals surface area contributed by atoms with Gasteiger partial charge in [-0.15, -0.1) is 0 Å². The van der Waals surface area contributed by atoms with E-state index in [4.69, 9.17) is 0 Å². The molecule has 0 amide bonds. The Balaban J connectivity index is 2.37. The highest BCUT2D eigenvalue weighted by Crippen LogP contribution is 2.15. The van der Waals surface area contributed by atoms with Gasteiger partial charge in [-0.2, -0.15) is 5.10 Å². The van der Waals surface area contributed by atoms with Crippen LogP contribution in [0.15, 0.2) is 36.7 Å². The molecule has 2 nitrogen and oxygen atoms in total. The normalized spacial score (nSPS) is 10.9. The number of rotatable bonds is 2. The molecular weight excluding hydrogens is 184 g/mol. The molecule has 0 aliphatic rings. The second-order valence-corrected chi connectivity index (χ2v) is 4.21. The number of aromatic nitrogens is 2. The zero-order valence-corrected chi connectivity index (χ0v) is 9.44. The van der Waals surface area contributed by atoms with Gasteiger partial charge in [-0.25, -0.2) is 4.68 Å². The third-order valence-corrected chi connectivity index (χ3v) is 2.54. The molecule has 1 heterocycles.